The average Bonchev–Trinajstić information content (AvgIpc) is 2.77. The number of rotatable bonds is 8. The first-order valence-electron chi connectivity index (χ1n) is 11.7. The van der Waals surface area contributed by atoms with E-state index in [1.807, 2.05) is 13.0 Å². The van der Waals surface area contributed by atoms with Crippen LogP contribution in [0.4, 0.5) is 18.9 Å². The minimum Gasteiger partial charge on any atom is -0.493 e. The van der Waals surface area contributed by atoms with E-state index in [0.29, 0.717) is 28.9 Å². The van der Waals surface area contributed by atoms with Gasteiger partial charge in [-0.25, -0.2) is 4.98 Å². The second-order valence-electron chi connectivity index (χ2n) is 9.86. The van der Waals surface area contributed by atoms with Gasteiger partial charge >= 0.3 is 6.18 Å². The predicted octanol–water partition coefficient (Wildman–Crippen LogP) is 7.20. The SMILES string of the molecule is COc1cc(NC(C)CCCN)c2nc(C(C)(C)C)cc(C)c2c1Oc1cccc(C(F)(F)F)c1. The number of benzene rings is 2. The first-order valence-corrected chi connectivity index (χ1v) is 11.7. The van der Waals surface area contributed by atoms with Crippen LogP contribution < -0.4 is 20.5 Å². The van der Waals surface area contributed by atoms with E-state index >= 15 is 0 Å². The van der Waals surface area contributed by atoms with Gasteiger partial charge in [0.05, 0.1) is 29.3 Å². The molecular weight excluding hydrogens is 455 g/mol. The fraction of sp³-hybridized carbons (Fsp3) is 0.444. The number of halogens is 3. The van der Waals surface area contributed by atoms with Crippen LogP contribution in [0.2, 0.25) is 0 Å². The Morgan fingerprint density at radius 3 is 2.43 bits per heavy atom. The van der Waals surface area contributed by atoms with Crippen molar-refractivity contribution in [1.29, 1.82) is 0 Å². The first-order chi connectivity index (χ1) is 16.3. The maximum Gasteiger partial charge on any atom is 0.416 e. The largest absolute Gasteiger partial charge is 0.493 e. The van der Waals surface area contributed by atoms with Crippen LogP contribution in [0.15, 0.2) is 36.4 Å². The number of aromatic nitrogens is 1. The summed E-state index contributed by atoms with van der Waals surface area (Å²) < 4.78 is 51.6. The molecule has 1 heterocycles. The van der Waals surface area contributed by atoms with Crippen LogP contribution in [-0.4, -0.2) is 24.7 Å². The summed E-state index contributed by atoms with van der Waals surface area (Å²) in [5.74, 6) is 0.792. The van der Waals surface area contributed by atoms with Crippen molar-refractivity contribution in [3.63, 3.8) is 0 Å². The normalized spacial score (nSPS) is 13.1. The molecule has 5 nitrogen and oxygen atoms in total. The van der Waals surface area contributed by atoms with Gasteiger partial charge in [-0.3, -0.25) is 0 Å². The number of ether oxygens (including phenoxy) is 2. The number of anilines is 1. The summed E-state index contributed by atoms with van der Waals surface area (Å²) in [6, 6.07) is 8.73. The molecule has 0 spiro atoms. The fourth-order valence-electron chi connectivity index (χ4n) is 3.90. The van der Waals surface area contributed by atoms with Crippen LogP contribution in [0.25, 0.3) is 10.9 Å². The monoisotopic (exact) mass is 489 g/mol. The number of hydrogen-bond donors (Lipinski definition) is 2. The van der Waals surface area contributed by atoms with Crippen molar-refractivity contribution in [3.8, 4) is 17.2 Å². The topological polar surface area (TPSA) is 69.4 Å². The number of hydrogen-bond acceptors (Lipinski definition) is 5. The van der Waals surface area contributed by atoms with Crippen LogP contribution in [0, 0.1) is 6.92 Å². The first kappa shape index (κ1) is 26.6. The lowest BCUT2D eigenvalue weighted by Crippen LogP contribution is -2.18. The van der Waals surface area contributed by atoms with Crippen LogP contribution in [0.1, 0.15) is 57.4 Å². The Kier molecular flexibility index (Phi) is 7.84. The van der Waals surface area contributed by atoms with Crippen LogP contribution >= 0.6 is 0 Å². The minimum atomic E-state index is -4.47. The number of aryl methyl sites for hydroxylation is 1. The number of nitrogens with two attached hydrogens (primary N) is 1. The van der Waals surface area contributed by atoms with Crippen molar-refractivity contribution in [1.82, 2.24) is 4.98 Å². The Morgan fingerprint density at radius 2 is 1.83 bits per heavy atom. The molecule has 0 aliphatic heterocycles. The number of fused-ring (bicyclic) bond motifs is 1. The third-order valence-corrected chi connectivity index (χ3v) is 5.81. The molecule has 2 aromatic carbocycles. The second-order valence-corrected chi connectivity index (χ2v) is 9.86. The molecule has 3 N–H and O–H groups in total. The van der Waals surface area contributed by atoms with Gasteiger partial charge in [0.15, 0.2) is 11.5 Å². The maximum atomic E-state index is 13.3. The van der Waals surface area contributed by atoms with Gasteiger partial charge in [-0.2, -0.15) is 13.2 Å². The third-order valence-electron chi connectivity index (χ3n) is 5.81. The lowest BCUT2D eigenvalue weighted by Gasteiger charge is -2.24. The van der Waals surface area contributed by atoms with E-state index in [1.165, 1.54) is 19.2 Å². The summed E-state index contributed by atoms with van der Waals surface area (Å²) in [6.07, 6.45) is -2.72. The van der Waals surface area contributed by atoms with Crippen LogP contribution in [-0.2, 0) is 11.6 Å². The quantitative estimate of drug-likeness (QED) is 0.350. The number of methoxy groups -OCH3 is 1. The molecule has 1 atom stereocenters. The highest BCUT2D eigenvalue weighted by molar-refractivity contribution is 6.00. The van der Waals surface area contributed by atoms with Gasteiger partial charge in [-0.15, -0.1) is 0 Å². The van der Waals surface area contributed by atoms with Crippen molar-refractivity contribution in [2.75, 3.05) is 19.0 Å². The second kappa shape index (κ2) is 10.3. The summed E-state index contributed by atoms with van der Waals surface area (Å²) in [7, 11) is 1.51. The van der Waals surface area contributed by atoms with E-state index < -0.39 is 11.7 Å². The van der Waals surface area contributed by atoms with Crippen molar-refractivity contribution in [2.24, 2.45) is 5.73 Å². The van der Waals surface area contributed by atoms with Crippen LogP contribution in [0.3, 0.4) is 0 Å². The molecule has 0 amide bonds. The number of pyridine rings is 1. The molecule has 1 aromatic heterocycles. The molecule has 0 radical (unpaired) electrons. The minimum absolute atomic E-state index is 0.0655. The molecule has 0 aliphatic rings. The van der Waals surface area contributed by atoms with E-state index in [0.717, 1.165) is 41.9 Å². The van der Waals surface area contributed by atoms with Gasteiger partial charge in [-0.05, 0) is 63.1 Å². The molecule has 0 saturated heterocycles. The summed E-state index contributed by atoms with van der Waals surface area (Å²) in [5, 5.41) is 4.20. The molecule has 35 heavy (non-hydrogen) atoms. The highest BCUT2D eigenvalue weighted by Crippen LogP contribution is 2.45. The summed E-state index contributed by atoms with van der Waals surface area (Å²) in [4.78, 5) is 4.97. The lowest BCUT2D eigenvalue weighted by molar-refractivity contribution is -0.137. The Morgan fingerprint density at radius 1 is 1.11 bits per heavy atom. The van der Waals surface area contributed by atoms with E-state index in [9.17, 15) is 13.2 Å². The third kappa shape index (κ3) is 6.17. The summed E-state index contributed by atoms with van der Waals surface area (Å²) >= 11 is 0. The van der Waals surface area contributed by atoms with Crippen molar-refractivity contribution in [3.05, 3.63) is 53.2 Å². The Bertz CT molecular complexity index is 1190. The summed E-state index contributed by atoms with van der Waals surface area (Å²) in [5.41, 5.74) is 7.92. The Labute approximate surface area is 204 Å². The average molecular weight is 490 g/mol. The van der Waals surface area contributed by atoms with Gasteiger partial charge in [0.2, 0.25) is 0 Å². The van der Waals surface area contributed by atoms with Gasteiger partial charge in [0, 0.05) is 23.2 Å². The van der Waals surface area contributed by atoms with Gasteiger partial charge in [0.25, 0.3) is 0 Å². The molecule has 0 saturated carbocycles. The lowest BCUT2D eigenvalue weighted by atomic mass is 9.89. The zero-order chi connectivity index (χ0) is 26.0. The van der Waals surface area contributed by atoms with E-state index in [-0.39, 0.29) is 17.2 Å². The standard InChI is InChI=1S/C27H34F3N3O2/c1-16-13-22(26(3,4)5)33-24-20(32-17(2)9-8-12-31)15-21(34-6)25(23(16)24)35-19-11-7-10-18(14-19)27(28,29)30/h7,10-11,13-15,17,32H,8-9,12,31H2,1-6H3. The van der Waals surface area contributed by atoms with E-state index in [1.54, 1.807) is 6.07 Å². The van der Waals surface area contributed by atoms with Crippen molar-refractivity contribution < 1.29 is 22.6 Å². The Hall–Kier alpha value is -3.00. The molecule has 0 aliphatic carbocycles. The molecular formula is C27H34F3N3O2. The maximum absolute atomic E-state index is 13.3. The molecule has 1 unspecified atom stereocenters. The van der Waals surface area contributed by atoms with Gasteiger partial charge < -0.3 is 20.5 Å². The number of nitrogens with zero attached hydrogens (tertiary/aromatic N) is 1. The van der Waals surface area contributed by atoms with Gasteiger partial charge in [-0.1, -0.05) is 26.8 Å². The van der Waals surface area contributed by atoms with Gasteiger partial charge in [0.1, 0.15) is 5.75 Å². The Balaban J connectivity index is 2.22. The molecule has 3 aromatic rings. The van der Waals surface area contributed by atoms with Crippen molar-refractivity contribution >= 4 is 16.6 Å². The molecule has 190 valence electrons. The predicted molar refractivity (Wildman–Crippen MR) is 135 cm³/mol. The zero-order valence-electron chi connectivity index (χ0n) is 21.1. The smallest absolute Gasteiger partial charge is 0.416 e. The molecule has 3 rings (SSSR count). The van der Waals surface area contributed by atoms with Crippen molar-refractivity contribution in [2.45, 2.75) is 65.1 Å². The highest BCUT2D eigenvalue weighted by atomic mass is 19.4. The summed E-state index contributed by atoms with van der Waals surface area (Å²) in [6.45, 7) is 10.9. The number of alkyl halides is 3. The highest BCUT2D eigenvalue weighted by Gasteiger charge is 2.31. The molecule has 0 fully saturated rings. The molecule has 8 heteroatoms. The van der Waals surface area contributed by atoms with E-state index in [2.05, 4.69) is 33.0 Å². The number of nitrogens with one attached hydrogen (secondary N) is 1. The molecule has 0 bridgehead atoms. The zero-order valence-corrected chi connectivity index (χ0v) is 21.1. The van der Waals surface area contributed by atoms with E-state index in [4.69, 9.17) is 20.2 Å². The fourth-order valence-corrected chi connectivity index (χ4v) is 3.90. The van der Waals surface area contributed by atoms with Crippen LogP contribution in [0.5, 0.6) is 17.2 Å².